The molecule has 0 fully saturated rings. The highest BCUT2D eigenvalue weighted by Gasteiger charge is 2.16. The third-order valence-electron chi connectivity index (χ3n) is 4.34. The van der Waals surface area contributed by atoms with Crippen molar-refractivity contribution in [3.05, 3.63) is 71.3 Å². The summed E-state index contributed by atoms with van der Waals surface area (Å²) in [6, 6.07) is 13.7. The Balaban J connectivity index is 1.77. The zero-order chi connectivity index (χ0) is 20.3. The second kappa shape index (κ2) is 8.04. The summed E-state index contributed by atoms with van der Waals surface area (Å²) < 4.78 is 15.6. The Morgan fingerprint density at radius 1 is 1.07 bits per heavy atom. The first-order valence-electron chi connectivity index (χ1n) is 8.82. The third-order valence-corrected chi connectivity index (χ3v) is 4.34. The van der Waals surface area contributed by atoms with Crippen LogP contribution in [-0.4, -0.2) is 21.6 Å². The van der Waals surface area contributed by atoms with Crippen molar-refractivity contribution in [3.63, 3.8) is 0 Å². The molecule has 0 spiro atoms. The van der Waals surface area contributed by atoms with Crippen LogP contribution >= 0.6 is 0 Å². The van der Waals surface area contributed by atoms with Crippen LogP contribution in [0, 0.1) is 19.7 Å². The first-order chi connectivity index (χ1) is 13.3. The average Bonchev–Trinajstić information content (AvgIpc) is 2.93. The van der Waals surface area contributed by atoms with Crippen LogP contribution in [0.3, 0.4) is 0 Å². The molecule has 28 heavy (non-hydrogen) atoms. The maximum Gasteiger partial charge on any atom is 0.228 e. The molecular formula is C21H21FN4O2. The van der Waals surface area contributed by atoms with E-state index in [2.05, 4.69) is 15.7 Å². The van der Waals surface area contributed by atoms with E-state index in [9.17, 15) is 14.0 Å². The molecule has 0 aliphatic rings. The molecule has 3 aromatic rings. The molecule has 0 radical (unpaired) electrons. The van der Waals surface area contributed by atoms with Gasteiger partial charge in [-0.25, -0.2) is 9.07 Å². The molecule has 2 N–H and O–H groups in total. The minimum atomic E-state index is -0.566. The van der Waals surface area contributed by atoms with E-state index >= 15 is 0 Å². The van der Waals surface area contributed by atoms with Crippen molar-refractivity contribution in [1.82, 2.24) is 9.78 Å². The van der Waals surface area contributed by atoms with Crippen LogP contribution in [0.1, 0.15) is 23.9 Å². The van der Waals surface area contributed by atoms with E-state index in [-0.39, 0.29) is 23.9 Å². The van der Waals surface area contributed by atoms with Crippen LogP contribution in [0.2, 0.25) is 0 Å². The van der Waals surface area contributed by atoms with Gasteiger partial charge in [0.15, 0.2) is 0 Å². The number of aromatic nitrogens is 2. The molecule has 0 saturated heterocycles. The van der Waals surface area contributed by atoms with Crippen LogP contribution in [0.5, 0.6) is 0 Å². The summed E-state index contributed by atoms with van der Waals surface area (Å²) in [5.41, 5.74) is 3.85. The molecule has 2 amide bonds. The predicted octanol–water partition coefficient (Wildman–Crippen LogP) is 3.77. The van der Waals surface area contributed by atoms with Gasteiger partial charge < -0.3 is 10.6 Å². The predicted molar refractivity (Wildman–Crippen MR) is 106 cm³/mol. The van der Waals surface area contributed by atoms with Gasteiger partial charge in [-0.15, -0.1) is 0 Å². The molecule has 0 atom stereocenters. The average molecular weight is 380 g/mol. The van der Waals surface area contributed by atoms with E-state index in [1.807, 2.05) is 48.9 Å². The third kappa shape index (κ3) is 4.25. The normalized spacial score (nSPS) is 10.6. The molecule has 0 unspecified atom stereocenters. The van der Waals surface area contributed by atoms with Gasteiger partial charge in [0.05, 0.1) is 23.5 Å². The van der Waals surface area contributed by atoms with E-state index in [1.54, 1.807) is 0 Å². The Hall–Kier alpha value is -3.48. The zero-order valence-electron chi connectivity index (χ0n) is 15.9. The standard InChI is InChI=1S/C21H21FN4O2/c1-13-18(14(2)26(25-13)17-7-5-4-6-8-17)12-21(28)24-16-9-10-19(22)20(11-16)23-15(3)27/h4-11H,12H2,1-3H3,(H,23,27)(H,24,28). The minimum Gasteiger partial charge on any atom is -0.326 e. The summed E-state index contributed by atoms with van der Waals surface area (Å²) in [5.74, 6) is -1.20. The largest absolute Gasteiger partial charge is 0.326 e. The van der Waals surface area contributed by atoms with Gasteiger partial charge in [0.25, 0.3) is 0 Å². The molecule has 0 aliphatic heterocycles. The number of rotatable bonds is 5. The minimum absolute atomic E-state index is 0.0227. The second-order valence-corrected chi connectivity index (χ2v) is 6.50. The molecule has 7 heteroatoms. The fourth-order valence-electron chi connectivity index (χ4n) is 3.01. The van der Waals surface area contributed by atoms with E-state index in [4.69, 9.17) is 0 Å². The van der Waals surface area contributed by atoms with Crippen molar-refractivity contribution in [2.45, 2.75) is 27.2 Å². The van der Waals surface area contributed by atoms with Crippen molar-refractivity contribution in [1.29, 1.82) is 0 Å². The number of amides is 2. The summed E-state index contributed by atoms with van der Waals surface area (Å²) in [7, 11) is 0. The number of para-hydroxylation sites is 1. The monoisotopic (exact) mass is 380 g/mol. The topological polar surface area (TPSA) is 76.0 Å². The number of hydrogen-bond donors (Lipinski definition) is 2. The van der Waals surface area contributed by atoms with Crippen molar-refractivity contribution < 1.29 is 14.0 Å². The summed E-state index contributed by atoms with van der Waals surface area (Å²) in [6.07, 6.45) is 0.136. The van der Waals surface area contributed by atoms with Gasteiger partial charge in [0.1, 0.15) is 5.82 Å². The lowest BCUT2D eigenvalue weighted by Crippen LogP contribution is -2.16. The first-order valence-corrected chi connectivity index (χ1v) is 8.82. The SMILES string of the molecule is CC(=O)Nc1cc(NC(=O)Cc2c(C)nn(-c3ccccc3)c2C)ccc1F. The van der Waals surface area contributed by atoms with Crippen LogP contribution < -0.4 is 10.6 Å². The highest BCUT2D eigenvalue weighted by atomic mass is 19.1. The van der Waals surface area contributed by atoms with E-state index in [0.717, 1.165) is 22.6 Å². The number of nitrogens with zero attached hydrogens (tertiary/aromatic N) is 2. The Labute approximate surface area is 162 Å². The molecule has 0 bridgehead atoms. The van der Waals surface area contributed by atoms with Gasteiger partial charge >= 0.3 is 0 Å². The van der Waals surface area contributed by atoms with Gasteiger partial charge in [-0.1, -0.05) is 18.2 Å². The van der Waals surface area contributed by atoms with Crippen LogP contribution in [-0.2, 0) is 16.0 Å². The Kier molecular flexibility index (Phi) is 5.54. The number of anilines is 2. The van der Waals surface area contributed by atoms with Crippen molar-refractivity contribution >= 4 is 23.2 Å². The summed E-state index contributed by atoms with van der Waals surface area (Å²) in [5, 5.41) is 9.68. The van der Waals surface area contributed by atoms with Gasteiger partial charge in [-0.3, -0.25) is 9.59 Å². The Bertz CT molecular complexity index is 1030. The number of carbonyl (C=O) groups is 2. The Morgan fingerprint density at radius 2 is 1.79 bits per heavy atom. The second-order valence-electron chi connectivity index (χ2n) is 6.50. The number of carbonyl (C=O) groups excluding carboxylic acids is 2. The summed E-state index contributed by atoms with van der Waals surface area (Å²) in [4.78, 5) is 23.7. The molecule has 0 aliphatic carbocycles. The number of hydrogen-bond acceptors (Lipinski definition) is 3. The van der Waals surface area contributed by atoms with E-state index in [0.29, 0.717) is 5.69 Å². The maximum atomic E-state index is 13.7. The van der Waals surface area contributed by atoms with Crippen LogP contribution in [0.15, 0.2) is 48.5 Å². The molecule has 2 aromatic carbocycles. The molecule has 1 heterocycles. The number of aryl methyl sites for hydroxylation is 1. The van der Waals surface area contributed by atoms with E-state index in [1.165, 1.54) is 25.1 Å². The van der Waals surface area contributed by atoms with Gasteiger partial charge in [-0.05, 0) is 44.2 Å². The highest BCUT2D eigenvalue weighted by molar-refractivity contribution is 5.94. The number of benzene rings is 2. The fraction of sp³-hybridized carbons (Fsp3) is 0.190. The fourth-order valence-corrected chi connectivity index (χ4v) is 3.01. The lowest BCUT2D eigenvalue weighted by molar-refractivity contribution is -0.116. The molecule has 0 saturated carbocycles. The van der Waals surface area contributed by atoms with Crippen LogP contribution in [0.4, 0.5) is 15.8 Å². The quantitative estimate of drug-likeness (QED) is 0.707. The van der Waals surface area contributed by atoms with Gasteiger partial charge in [0.2, 0.25) is 11.8 Å². The smallest absolute Gasteiger partial charge is 0.228 e. The zero-order valence-corrected chi connectivity index (χ0v) is 15.9. The molecule has 144 valence electrons. The summed E-state index contributed by atoms with van der Waals surface area (Å²) in [6.45, 7) is 5.07. The van der Waals surface area contributed by atoms with Crippen molar-refractivity contribution in [3.8, 4) is 5.69 Å². The van der Waals surface area contributed by atoms with Crippen LogP contribution in [0.25, 0.3) is 5.69 Å². The maximum absolute atomic E-state index is 13.7. The molecule has 1 aromatic heterocycles. The van der Waals surface area contributed by atoms with Gasteiger partial charge in [-0.2, -0.15) is 5.10 Å². The lowest BCUT2D eigenvalue weighted by Gasteiger charge is -2.09. The molecule has 3 rings (SSSR count). The van der Waals surface area contributed by atoms with E-state index < -0.39 is 5.82 Å². The van der Waals surface area contributed by atoms with Crippen molar-refractivity contribution in [2.75, 3.05) is 10.6 Å². The number of halogens is 1. The molecule has 6 nitrogen and oxygen atoms in total. The molecular weight excluding hydrogens is 359 g/mol. The lowest BCUT2D eigenvalue weighted by atomic mass is 10.1. The summed E-state index contributed by atoms with van der Waals surface area (Å²) >= 11 is 0. The highest BCUT2D eigenvalue weighted by Crippen LogP contribution is 2.21. The number of nitrogens with one attached hydrogen (secondary N) is 2. The van der Waals surface area contributed by atoms with Gasteiger partial charge in [0, 0.05) is 23.9 Å². The van der Waals surface area contributed by atoms with Crippen molar-refractivity contribution in [2.24, 2.45) is 0 Å². The Morgan fingerprint density at radius 3 is 2.46 bits per heavy atom. The first kappa shape index (κ1) is 19.3.